The molecule has 0 spiro atoms. The van der Waals surface area contributed by atoms with Gasteiger partial charge in [0.05, 0.1) is 0 Å². The van der Waals surface area contributed by atoms with E-state index in [-0.39, 0.29) is 5.91 Å². The molecule has 1 fully saturated rings. The molecule has 21 heavy (non-hydrogen) atoms. The molecular formula is C16H24N4O. The Morgan fingerprint density at radius 1 is 1.29 bits per heavy atom. The van der Waals surface area contributed by atoms with Gasteiger partial charge in [-0.25, -0.2) is 0 Å². The van der Waals surface area contributed by atoms with Crippen molar-refractivity contribution in [2.24, 2.45) is 10.7 Å². The first kappa shape index (κ1) is 15.4. The highest BCUT2D eigenvalue weighted by Crippen LogP contribution is 2.18. The average molecular weight is 288 g/mol. The summed E-state index contributed by atoms with van der Waals surface area (Å²) in [5, 5.41) is 6.05. The molecule has 1 aromatic rings. The van der Waals surface area contributed by atoms with Crippen molar-refractivity contribution in [3.8, 4) is 0 Å². The summed E-state index contributed by atoms with van der Waals surface area (Å²) in [7, 11) is 0. The van der Waals surface area contributed by atoms with Crippen LogP contribution in [0.4, 0.5) is 0 Å². The molecule has 0 bridgehead atoms. The Hall–Kier alpha value is -2.04. The highest BCUT2D eigenvalue weighted by atomic mass is 16.1. The van der Waals surface area contributed by atoms with Crippen LogP contribution in [0, 0.1) is 0 Å². The highest BCUT2D eigenvalue weighted by molar-refractivity contribution is 5.78. The number of carbonyl (C=O) groups excluding carboxylic acids is 1. The van der Waals surface area contributed by atoms with Crippen LogP contribution in [0.2, 0.25) is 0 Å². The molecule has 5 nitrogen and oxygen atoms in total. The molecule has 4 N–H and O–H groups in total. The number of nitrogens with one attached hydrogen (secondary N) is 2. The lowest BCUT2D eigenvalue weighted by molar-refractivity contribution is -0.121. The largest absolute Gasteiger partial charge is 0.370 e. The van der Waals surface area contributed by atoms with E-state index in [0.29, 0.717) is 25.0 Å². The maximum absolute atomic E-state index is 11.5. The van der Waals surface area contributed by atoms with Crippen molar-refractivity contribution in [2.75, 3.05) is 13.1 Å². The van der Waals surface area contributed by atoms with Crippen LogP contribution in [-0.4, -0.2) is 31.0 Å². The van der Waals surface area contributed by atoms with Crippen LogP contribution in [0.25, 0.3) is 0 Å². The lowest BCUT2D eigenvalue weighted by Crippen LogP contribution is -2.33. The number of nitrogens with two attached hydrogens (primary N) is 1. The summed E-state index contributed by atoms with van der Waals surface area (Å²) >= 11 is 0. The quantitative estimate of drug-likeness (QED) is 0.382. The maximum atomic E-state index is 11.5. The van der Waals surface area contributed by atoms with Gasteiger partial charge in [0, 0.05) is 25.6 Å². The molecule has 0 unspecified atom stereocenters. The van der Waals surface area contributed by atoms with Gasteiger partial charge in [-0.3, -0.25) is 9.79 Å². The number of guanidine groups is 1. The summed E-state index contributed by atoms with van der Waals surface area (Å²) in [4.78, 5) is 15.7. The average Bonchev–Trinajstić information content (AvgIpc) is 3.29. The van der Waals surface area contributed by atoms with Gasteiger partial charge in [-0.15, -0.1) is 0 Å². The molecule has 0 aromatic heterocycles. The van der Waals surface area contributed by atoms with E-state index in [2.05, 4.69) is 27.8 Å². The number of amides is 1. The van der Waals surface area contributed by atoms with Gasteiger partial charge in [-0.2, -0.15) is 0 Å². The van der Waals surface area contributed by atoms with E-state index in [1.807, 2.05) is 18.2 Å². The number of hydrogen-bond acceptors (Lipinski definition) is 2. The monoisotopic (exact) mass is 288 g/mol. The van der Waals surface area contributed by atoms with Crippen molar-refractivity contribution in [3.63, 3.8) is 0 Å². The van der Waals surface area contributed by atoms with Crippen LogP contribution in [0.1, 0.15) is 31.2 Å². The van der Waals surface area contributed by atoms with Crippen LogP contribution in [-0.2, 0) is 11.2 Å². The second kappa shape index (κ2) is 8.29. The van der Waals surface area contributed by atoms with E-state index in [9.17, 15) is 4.79 Å². The lowest BCUT2D eigenvalue weighted by Gasteiger charge is -2.06. The van der Waals surface area contributed by atoms with Gasteiger partial charge in [0.15, 0.2) is 5.96 Å². The van der Waals surface area contributed by atoms with Gasteiger partial charge in [-0.1, -0.05) is 30.3 Å². The second-order valence-electron chi connectivity index (χ2n) is 5.37. The zero-order valence-electron chi connectivity index (χ0n) is 12.3. The van der Waals surface area contributed by atoms with Crippen molar-refractivity contribution in [1.82, 2.24) is 10.6 Å². The fourth-order valence-electron chi connectivity index (χ4n) is 2.00. The third-order valence-electron chi connectivity index (χ3n) is 3.35. The summed E-state index contributed by atoms with van der Waals surface area (Å²) in [6.07, 6.45) is 4.43. The number of nitrogens with zero attached hydrogens (tertiary/aromatic N) is 1. The molecule has 1 aromatic carbocycles. The summed E-state index contributed by atoms with van der Waals surface area (Å²) in [5.41, 5.74) is 7.06. The zero-order valence-corrected chi connectivity index (χ0v) is 12.3. The first-order valence-corrected chi connectivity index (χ1v) is 7.61. The molecule has 114 valence electrons. The fourth-order valence-corrected chi connectivity index (χ4v) is 2.00. The molecule has 2 rings (SSSR count). The molecule has 0 radical (unpaired) electrons. The first-order valence-electron chi connectivity index (χ1n) is 7.61. The standard InChI is InChI=1S/C16H24N4O/c17-16(19-12-10-13-5-2-1-3-6-13)18-11-4-7-15(21)20-14-8-9-14/h1-3,5-6,14H,4,7-12H2,(H,20,21)(H3,17,18,19). The topological polar surface area (TPSA) is 79.5 Å². The normalized spacial score (nSPS) is 14.8. The van der Waals surface area contributed by atoms with Crippen LogP contribution in [0.15, 0.2) is 35.3 Å². The minimum atomic E-state index is 0.128. The molecule has 0 atom stereocenters. The summed E-state index contributed by atoms with van der Waals surface area (Å²) in [6, 6.07) is 10.7. The van der Waals surface area contributed by atoms with E-state index in [1.54, 1.807) is 0 Å². The minimum absolute atomic E-state index is 0.128. The minimum Gasteiger partial charge on any atom is -0.370 e. The van der Waals surface area contributed by atoms with Crippen LogP contribution in [0.3, 0.4) is 0 Å². The Labute approximate surface area is 126 Å². The predicted octanol–water partition coefficient (Wildman–Crippen LogP) is 1.19. The molecule has 0 saturated heterocycles. The second-order valence-corrected chi connectivity index (χ2v) is 5.37. The number of carbonyl (C=O) groups is 1. The van der Waals surface area contributed by atoms with E-state index in [4.69, 9.17) is 5.73 Å². The number of hydrogen-bond donors (Lipinski definition) is 3. The van der Waals surface area contributed by atoms with Gasteiger partial charge in [0.25, 0.3) is 0 Å². The fraction of sp³-hybridized carbons (Fsp3) is 0.500. The molecular weight excluding hydrogens is 264 g/mol. The maximum Gasteiger partial charge on any atom is 0.220 e. The molecule has 0 heterocycles. The first-order chi connectivity index (χ1) is 10.2. The Morgan fingerprint density at radius 2 is 2.05 bits per heavy atom. The van der Waals surface area contributed by atoms with Gasteiger partial charge >= 0.3 is 0 Å². The third-order valence-corrected chi connectivity index (χ3v) is 3.35. The van der Waals surface area contributed by atoms with E-state index >= 15 is 0 Å². The number of benzene rings is 1. The van der Waals surface area contributed by atoms with Gasteiger partial charge in [-0.05, 0) is 31.2 Å². The Bertz CT molecular complexity index is 468. The highest BCUT2D eigenvalue weighted by Gasteiger charge is 2.22. The van der Waals surface area contributed by atoms with Crippen molar-refractivity contribution in [3.05, 3.63) is 35.9 Å². The van der Waals surface area contributed by atoms with E-state index < -0.39 is 0 Å². The SMILES string of the molecule is NC(=NCCCC(=O)NC1CC1)NCCc1ccccc1. The van der Waals surface area contributed by atoms with Crippen molar-refractivity contribution >= 4 is 11.9 Å². The summed E-state index contributed by atoms with van der Waals surface area (Å²) in [6.45, 7) is 1.35. The Kier molecular flexibility index (Phi) is 6.06. The molecule has 1 saturated carbocycles. The Balaban J connectivity index is 1.53. The molecule has 1 aliphatic rings. The van der Waals surface area contributed by atoms with Gasteiger partial charge in [0.1, 0.15) is 0 Å². The van der Waals surface area contributed by atoms with E-state index in [1.165, 1.54) is 5.56 Å². The van der Waals surface area contributed by atoms with Crippen LogP contribution in [0.5, 0.6) is 0 Å². The van der Waals surface area contributed by atoms with Crippen molar-refractivity contribution in [1.29, 1.82) is 0 Å². The molecule has 5 heteroatoms. The smallest absolute Gasteiger partial charge is 0.220 e. The zero-order chi connectivity index (χ0) is 14.9. The van der Waals surface area contributed by atoms with Crippen LogP contribution >= 0.6 is 0 Å². The molecule has 0 aliphatic heterocycles. The lowest BCUT2D eigenvalue weighted by atomic mass is 10.1. The van der Waals surface area contributed by atoms with Gasteiger partial charge in [0.2, 0.25) is 5.91 Å². The van der Waals surface area contributed by atoms with Gasteiger partial charge < -0.3 is 16.4 Å². The number of rotatable bonds is 8. The van der Waals surface area contributed by atoms with Crippen molar-refractivity contribution in [2.45, 2.75) is 38.1 Å². The van der Waals surface area contributed by atoms with Crippen LogP contribution < -0.4 is 16.4 Å². The predicted molar refractivity (Wildman–Crippen MR) is 85.0 cm³/mol. The third kappa shape index (κ3) is 6.79. The molecule has 1 amide bonds. The van der Waals surface area contributed by atoms with Crippen molar-refractivity contribution < 1.29 is 4.79 Å². The number of aliphatic imine (C=N–C) groups is 1. The summed E-state index contributed by atoms with van der Waals surface area (Å²) < 4.78 is 0. The Morgan fingerprint density at radius 3 is 2.76 bits per heavy atom. The van der Waals surface area contributed by atoms with E-state index in [0.717, 1.165) is 32.2 Å². The molecule has 1 aliphatic carbocycles. The summed E-state index contributed by atoms with van der Waals surface area (Å²) in [5.74, 6) is 0.580.